The summed E-state index contributed by atoms with van der Waals surface area (Å²) in [5.41, 5.74) is 1.09. The molecule has 1 fully saturated rings. The highest BCUT2D eigenvalue weighted by atomic mass is 79.9. The van der Waals surface area contributed by atoms with Crippen LogP contribution < -0.4 is 5.32 Å². The Labute approximate surface area is 128 Å². The van der Waals surface area contributed by atoms with E-state index in [2.05, 4.69) is 28.2 Å². The van der Waals surface area contributed by atoms with E-state index in [1.807, 2.05) is 6.07 Å². The molecule has 0 radical (unpaired) electrons. The fraction of sp³-hybridized carbons (Fsp3) is 0.600. The van der Waals surface area contributed by atoms with Crippen molar-refractivity contribution in [2.45, 2.75) is 51.6 Å². The number of halogens is 1. The van der Waals surface area contributed by atoms with Gasteiger partial charge in [-0.2, -0.15) is 0 Å². The monoisotopic (exact) mass is 340 g/mol. The number of benzene rings is 1. The van der Waals surface area contributed by atoms with E-state index in [1.54, 1.807) is 6.07 Å². The maximum Gasteiger partial charge on any atom is 0.283 e. The van der Waals surface area contributed by atoms with E-state index in [4.69, 9.17) is 0 Å². The molecule has 1 aromatic carbocycles. The Morgan fingerprint density at radius 2 is 2.15 bits per heavy atom. The normalized spacial score (nSPS) is 23.3. The van der Waals surface area contributed by atoms with Crippen LogP contribution in [0.1, 0.15) is 44.6 Å². The molecule has 20 heavy (non-hydrogen) atoms. The summed E-state index contributed by atoms with van der Waals surface area (Å²) in [6, 6.07) is 5.74. The molecule has 2 unspecified atom stereocenters. The van der Waals surface area contributed by atoms with E-state index in [-0.39, 0.29) is 10.6 Å². The number of nitrogens with one attached hydrogen (secondary N) is 1. The molecule has 0 heterocycles. The zero-order valence-electron chi connectivity index (χ0n) is 11.8. The van der Waals surface area contributed by atoms with E-state index < -0.39 is 0 Å². The van der Waals surface area contributed by atoms with Gasteiger partial charge in [0.25, 0.3) is 5.69 Å². The average molecular weight is 341 g/mol. The van der Waals surface area contributed by atoms with E-state index in [9.17, 15) is 10.1 Å². The average Bonchev–Trinajstić information content (AvgIpc) is 2.62. The molecule has 2 atom stereocenters. The number of nitro benzene ring substituents is 1. The molecule has 0 bridgehead atoms. The molecule has 0 aromatic heterocycles. The topological polar surface area (TPSA) is 55.2 Å². The van der Waals surface area contributed by atoms with Crippen LogP contribution in [0.4, 0.5) is 5.69 Å². The first-order chi connectivity index (χ1) is 9.58. The minimum absolute atomic E-state index is 0.138. The van der Waals surface area contributed by atoms with Gasteiger partial charge in [0.15, 0.2) is 0 Å². The van der Waals surface area contributed by atoms with Gasteiger partial charge in [0.2, 0.25) is 0 Å². The molecule has 1 aliphatic carbocycles. The zero-order chi connectivity index (χ0) is 14.5. The molecule has 1 N–H and O–H groups in total. The summed E-state index contributed by atoms with van der Waals surface area (Å²) in [5, 5.41) is 14.5. The lowest BCUT2D eigenvalue weighted by molar-refractivity contribution is -0.385. The summed E-state index contributed by atoms with van der Waals surface area (Å²) in [4.78, 5) is 10.6. The van der Waals surface area contributed by atoms with Crippen LogP contribution in [0.15, 0.2) is 22.7 Å². The van der Waals surface area contributed by atoms with Gasteiger partial charge in [-0.1, -0.05) is 31.9 Å². The van der Waals surface area contributed by atoms with Gasteiger partial charge < -0.3 is 5.32 Å². The Balaban J connectivity index is 1.97. The first kappa shape index (κ1) is 15.4. The molecule has 110 valence electrons. The van der Waals surface area contributed by atoms with Crippen LogP contribution in [-0.2, 0) is 6.54 Å². The fourth-order valence-electron chi connectivity index (χ4n) is 2.79. The maximum atomic E-state index is 10.9. The van der Waals surface area contributed by atoms with Crippen molar-refractivity contribution in [3.8, 4) is 0 Å². The van der Waals surface area contributed by atoms with E-state index in [0.717, 1.165) is 11.5 Å². The van der Waals surface area contributed by atoms with Crippen LogP contribution in [0, 0.1) is 16.0 Å². The van der Waals surface area contributed by atoms with Crippen molar-refractivity contribution < 1.29 is 4.92 Å². The quantitative estimate of drug-likeness (QED) is 0.501. The first-order valence-corrected chi connectivity index (χ1v) is 8.02. The van der Waals surface area contributed by atoms with Crippen LogP contribution in [0.2, 0.25) is 0 Å². The molecule has 1 saturated carbocycles. The van der Waals surface area contributed by atoms with Crippen LogP contribution in [-0.4, -0.2) is 11.0 Å². The van der Waals surface area contributed by atoms with Gasteiger partial charge in [0, 0.05) is 18.7 Å². The highest BCUT2D eigenvalue weighted by Gasteiger charge is 2.18. The van der Waals surface area contributed by atoms with Crippen LogP contribution in [0.25, 0.3) is 0 Å². The second-order valence-electron chi connectivity index (χ2n) is 5.70. The van der Waals surface area contributed by atoms with Crippen molar-refractivity contribution in [1.82, 2.24) is 5.32 Å². The lowest BCUT2D eigenvalue weighted by Gasteiger charge is -2.17. The minimum Gasteiger partial charge on any atom is -0.310 e. The van der Waals surface area contributed by atoms with Gasteiger partial charge in [-0.3, -0.25) is 10.1 Å². The summed E-state index contributed by atoms with van der Waals surface area (Å²) in [5.74, 6) is 0.825. The van der Waals surface area contributed by atoms with Gasteiger partial charge >= 0.3 is 0 Å². The molecular formula is C15H21BrN2O2. The second kappa shape index (κ2) is 7.18. The van der Waals surface area contributed by atoms with Gasteiger partial charge in [0.1, 0.15) is 0 Å². The first-order valence-electron chi connectivity index (χ1n) is 7.23. The van der Waals surface area contributed by atoms with Crippen molar-refractivity contribution in [2.24, 2.45) is 5.92 Å². The standard InChI is InChI=1S/C15H21BrN2O2/c1-11-4-2-6-13(9-8-11)17-10-12-5-3-7-14(15(12)16)18(19)20/h3,5,7,11,13,17H,2,4,6,8-10H2,1H3. The Bertz CT molecular complexity index is 479. The number of nitrogens with zero attached hydrogens (tertiary/aromatic N) is 1. The Morgan fingerprint density at radius 3 is 2.90 bits per heavy atom. The summed E-state index contributed by atoms with van der Waals surface area (Å²) in [6.07, 6.45) is 6.27. The third-order valence-corrected chi connectivity index (χ3v) is 5.01. The van der Waals surface area contributed by atoms with Gasteiger partial charge in [-0.25, -0.2) is 0 Å². The Hall–Kier alpha value is -0.940. The summed E-state index contributed by atoms with van der Waals surface area (Å²) in [7, 11) is 0. The van der Waals surface area contributed by atoms with E-state index >= 15 is 0 Å². The van der Waals surface area contributed by atoms with Crippen molar-refractivity contribution in [3.05, 3.63) is 38.3 Å². The van der Waals surface area contributed by atoms with Gasteiger partial charge in [0.05, 0.1) is 9.40 Å². The fourth-order valence-corrected chi connectivity index (χ4v) is 3.34. The Morgan fingerprint density at radius 1 is 1.35 bits per heavy atom. The van der Waals surface area contributed by atoms with E-state index in [0.29, 0.717) is 17.1 Å². The van der Waals surface area contributed by atoms with Crippen LogP contribution >= 0.6 is 15.9 Å². The number of nitro groups is 1. The molecular weight excluding hydrogens is 320 g/mol. The van der Waals surface area contributed by atoms with Crippen molar-refractivity contribution in [1.29, 1.82) is 0 Å². The van der Waals surface area contributed by atoms with Crippen molar-refractivity contribution in [3.63, 3.8) is 0 Å². The van der Waals surface area contributed by atoms with Crippen LogP contribution in [0.3, 0.4) is 0 Å². The second-order valence-corrected chi connectivity index (χ2v) is 6.49. The molecule has 0 aliphatic heterocycles. The van der Waals surface area contributed by atoms with E-state index in [1.165, 1.54) is 38.2 Å². The Kier molecular flexibility index (Phi) is 5.54. The molecule has 0 spiro atoms. The maximum absolute atomic E-state index is 10.9. The van der Waals surface area contributed by atoms with Gasteiger partial charge in [-0.05, 0) is 46.7 Å². The van der Waals surface area contributed by atoms with Crippen molar-refractivity contribution in [2.75, 3.05) is 0 Å². The lowest BCUT2D eigenvalue weighted by Crippen LogP contribution is -2.28. The summed E-state index contributed by atoms with van der Waals surface area (Å²) < 4.78 is 0.597. The van der Waals surface area contributed by atoms with Crippen molar-refractivity contribution >= 4 is 21.6 Å². The van der Waals surface area contributed by atoms with Crippen LogP contribution in [0.5, 0.6) is 0 Å². The number of hydrogen-bond donors (Lipinski definition) is 1. The highest BCUT2D eigenvalue weighted by molar-refractivity contribution is 9.10. The molecule has 0 saturated heterocycles. The van der Waals surface area contributed by atoms with Gasteiger partial charge in [-0.15, -0.1) is 0 Å². The summed E-state index contributed by atoms with van der Waals surface area (Å²) >= 11 is 3.35. The predicted octanol–water partition coefficient (Wildman–Crippen LogP) is 4.42. The predicted molar refractivity (Wildman–Crippen MR) is 83.7 cm³/mol. The highest BCUT2D eigenvalue weighted by Crippen LogP contribution is 2.29. The number of rotatable bonds is 4. The molecule has 5 heteroatoms. The third kappa shape index (κ3) is 4.03. The molecule has 2 rings (SSSR count). The zero-order valence-corrected chi connectivity index (χ0v) is 13.4. The molecule has 1 aliphatic rings. The lowest BCUT2D eigenvalue weighted by atomic mass is 10.0. The summed E-state index contributed by atoms with van der Waals surface area (Å²) in [6.45, 7) is 3.00. The largest absolute Gasteiger partial charge is 0.310 e. The third-order valence-electron chi connectivity index (χ3n) is 4.09. The molecule has 1 aromatic rings. The molecule has 4 nitrogen and oxygen atoms in total. The molecule has 0 amide bonds. The number of hydrogen-bond acceptors (Lipinski definition) is 3. The SMILES string of the molecule is CC1CCCC(NCc2cccc([N+](=O)[O-])c2Br)CC1. The minimum atomic E-state index is -0.346. The smallest absolute Gasteiger partial charge is 0.283 e.